The minimum Gasteiger partial charge on any atom is -0.497 e. The highest BCUT2D eigenvalue weighted by molar-refractivity contribution is 5.69. The first-order chi connectivity index (χ1) is 14.5. The van der Waals surface area contributed by atoms with Crippen LogP contribution in [-0.4, -0.2) is 56.7 Å². The third-order valence-corrected chi connectivity index (χ3v) is 4.23. The summed E-state index contributed by atoms with van der Waals surface area (Å²) in [6.45, 7) is 3.34. The van der Waals surface area contributed by atoms with Gasteiger partial charge in [-0.1, -0.05) is 31.9 Å². The molecule has 0 heterocycles. The van der Waals surface area contributed by atoms with Crippen molar-refractivity contribution in [3.8, 4) is 5.75 Å². The second kappa shape index (κ2) is 16.5. The van der Waals surface area contributed by atoms with Crippen LogP contribution >= 0.6 is 0 Å². The van der Waals surface area contributed by atoms with Crippen molar-refractivity contribution in [2.45, 2.75) is 58.2 Å². The van der Waals surface area contributed by atoms with Crippen LogP contribution < -0.4 is 10.1 Å². The predicted octanol–water partition coefficient (Wildman–Crippen LogP) is 3.20. The minimum absolute atomic E-state index is 0.0827. The summed E-state index contributed by atoms with van der Waals surface area (Å²) in [4.78, 5) is 23.1. The van der Waals surface area contributed by atoms with Gasteiger partial charge in [0, 0.05) is 13.0 Å². The maximum absolute atomic E-state index is 11.7. The van der Waals surface area contributed by atoms with Crippen molar-refractivity contribution < 1.29 is 33.6 Å². The lowest BCUT2D eigenvalue weighted by Crippen LogP contribution is -2.25. The molecule has 0 saturated carbocycles. The quantitative estimate of drug-likeness (QED) is 0.310. The molecule has 1 unspecified atom stereocenters. The third kappa shape index (κ3) is 13.0. The Morgan fingerprint density at radius 2 is 1.80 bits per heavy atom. The van der Waals surface area contributed by atoms with Crippen LogP contribution in [0.5, 0.6) is 5.75 Å². The summed E-state index contributed by atoms with van der Waals surface area (Å²) in [6.07, 6.45) is 3.07. The van der Waals surface area contributed by atoms with Gasteiger partial charge in [0.25, 0.3) is 0 Å². The minimum atomic E-state index is -0.866. The Balaban J connectivity index is 1.98. The molecule has 0 aliphatic rings. The van der Waals surface area contributed by atoms with E-state index in [-0.39, 0.29) is 25.6 Å². The highest BCUT2D eigenvalue weighted by atomic mass is 16.6. The number of rotatable bonds is 16. The number of methoxy groups -OCH3 is 1. The topological polar surface area (TPSA) is 103 Å². The number of hydrogen-bond donors (Lipinski definition) is 2. The molecule has 0 aromatic heterocycles. The molecule has 1 aromatic rings. The van der Waals surface area contributed by atoms with E-state index in [1.807, 2.05) is 31.2 Å². The Kier molecular flexibility index (Phi) is 14.1. The molecule has 0 aliphatic carbocycles. The number of aliphatic hydroxyl groups is 1. The molecule has 170 valence electrons. The summed E-state index contributed by atoms with van der Waals surface area (Å²) in [6, 6.07) is 7.45. The largest absolute Gasteiger partial charge is 0.497 e. The summed E-state index contributed by atoms with van der Waals surface area (Å²) < 4.78 is 20.6. The first-order valence-corrected chi connectivity index (χ1v) is 10.5. The van der Waals surface area contributed by atoms with Crippen LogP contribution in [0.1, 0.15) is 51.0 Å². The van der Waals surface area contributed by atoms with Crippen LogP contribution in [0.25, 0.3) is 0 Å². The normalized spacial score (nSPS) is 11.6. The number of carbonyl (C=O) groups is 2. The highest BCUT2D eigenvalue weighted by Gasteiger charge is 2.09. The average molecular weight is 426 g/mol. The Hall–Kier alpha value is -2.32. The summed E-state index contributed by atoms with van der Waals surface area (Å²) in [5.74, 6) is 0.419. The molecule has 1 amide bonds. The van der Waals surface area contributed by atoms with Crippen LogP contribution in [-0.2, 0) is 25.6 Å². The van der Waals surface area contributed by atoms with Crippen LogP contribution in [0.4, 0.5) is 4.79 Å². The number of nitrogens with one attached hydrogen (secondary N) is 1. The molecular formula is C22H35NO7. The fraction of sp³-hybridized carbons (Fsp3) is 0.636. The molecule has 1 atom stereocenters. The maximum atomic E-state index is 11.7. The lowest BCUT2D eigenvalue weighted by atomic mass is 10.2. The van der Waals surface area contributed by atoms with Crippen molar-refractivity contribution in [1.29, 1.82) is 0 Å². The Morgan fingerprint density at radius 3 is 2.50 bits per heavy atom. The van der Waals surface area contributed by atoms with Crippen molar-refractivity contribution >= 4 is 12.1 Å². The van der Waals surface area contributed by atoms with E-state index in [4.69, 9.17) is 18.9 Å². The number of aliphatic hydroxyl groups excluding tert-OH is 1. The number of carbonyl (C=O) groups excluding carboxylic acids is 2. The van der Waals surface area contributed by atoms with E-state index in [2.05, 4.69) is 5.32 Å². The summed E-state index contributed by atoms with van der Waals surface area (Å²) in [7, 11) is 1.61. The molecule has 0 saturated heterocycles. The SMILES string of the molecule is CCCCOC(=O)NCCCCCC(=O)OCC(O)COCc1ccc(OC)cc1. The Morgan fingerprint density at radius 1 is 1.03 bits per heavy atom. The van der Waals surface area contributed by atoms with Crippen LogP contribution in [0.3, 0.4) is 0 Å². The fourth-order valence-corrected chi connectivity index (χ4v) is 2.47. The second-order valence-corrected chi connectivity index (χ2v) is 6.93. The Labute approximate surface area is 178 Å². The van der Waals surface area contributed by atoms with Gasteiger partial charge < -0.3 is 29.4 Å². The van der Waals surface area contributed by atoms with Crippen molar-refractivity contribution in [1.82, 2.24) is 5.32 Å². The highest BCUT2D eigenvalue weighted by Crippen LogP contribution is 2.12. The van der Waals surface area contributed by atoms with Gasteiger partial charge in [-0.05, 0) is 37.0 Å². The fourth-order valence-electron chi connectivity index (χ4n) is 2.47. The van der Waals surface area contributed by atoms with Crippen molar-refractivity contribution in [3.05, 3.63) is 29.8 Å². The molecular weight excluding hydrogens is 390 g/mol. The molecule has 30 heavy (non-hydrogen) atoms. The molecule has 0 aliphatic heterocycles. The van der Waals surface area contributed by atoms with Gasteiger partial charge in [0.15, 0.2) is 0 Å². The van der Waals surface area contributed by atoms with Crippen molar-refractivity contribution in [2.75, 3.05) is 33.5 Å². The van der Waals surface area contributed by atoms with Gasteiger partial charge in [-0.2, -0.15) is 0 Å². The van der Waals surface area contributed by atoms with Gasteiger partial charge in [-0.25, -0.2) is 4.79 Å². The van der Waals surface area contributed by atoms with Crippen LogP contribution in [0.15, 0.2) is 24.3 Å². The molecule has 1 aromatic carbocycles. The zero-order valence-electron chi connectivity index (χ0n) is 18.1. The predicted molar refractivity (Wildman–Crippen MR) is 112 cm³/mol. The number of esters is 1. The number of amides is 1. The second-order valence-electron chi connectivity index (χ2n) is 6.93. The molecule has 0 radical (unpaired) electrons. The molecule has 8 heteroatoms. The lowest BCUT2D eigenvalue weighted by Gasteiger charge is -2.12. The number of benzene rings is 1. The van der Waals surface area contributed by atoms with E-state index < -0.39 is 12.2 Å². The van der Waals surface area contributed by atoms with Gasteiger partial charge in [0.05, 0.1) is 26.9 Å². The van der Waals surface area contributed by atoms with Gasteiger partial charge >= 0.3 is 12.1 Å². The zero-order valence-corrected chi connectivity index (χ0v) is 18.1. The molecule has 0 fully saturated rings. The smallest absolute Gasteiger partial charge is 0.407 e. The van der Waals surface area contributed by atoms with Gasteiger partial charge in [-0.3, -0.25) is 4.79 Å². The maximum Gasteiger partial charge on any atom is 0.407 e. The standard InChI is InChI=1S/C22H35NO7/c1-3-4-14-29-22(26)23-13-7-5-6-8-21(25)30-17-19(24)16-28-15-18-9-11-20(27-2)12-10-18/h9-12,19,24H,3-8,13-17H2,1-2H3,(H,23,26). The first-order valence-electron chi connectivity index (χ1n) is 10.5. The Bertz CT molecular complexity index is 592. The molecule has 1 rings (SSSR count). The number of hydrogen-bond acceptors (Lipinski definition) is 7. The lowest BCUT2D eigenvalue weighted by molar-refractivity contribution is -0.148. The van der Waals surface area contributed by atoms with Crippen LogP contribution in [0.2, 0.25) is 0 Å². The molecule has 8 nitrogen and oxygen atoms in total. The summed E-state index contributed by atoms with van der Waals surface area (Å²) in [5, 5.41) is 12.5. The third-order valence-electron chi connectivity index (χ3n) is 4.23. The van der Waals surface area contributed by atoms with E-state index >= 15 is 0 Å². The molecule has 2 N–H and O–H groups in total. The van der Waals surface area contributed by atoms with E-state index in [0.29, 0.717) is 26.2 Å². The zero-order chi connectivity index (χ0) is 22.0. The monoisotopic (exact) mass is 425 g/mol. The van der Waals surface area contributed by atoms with Gasteiger partial charge in [-0.15, -0.1) is 0 Å². The van der Waals surface area contributed by atoms with E-state index in [0.717, 1.165) is 37.0 Å². The van der Waals surface area contributed by atoms with Crippen LogP contribution in [0, 0.1) is 0 Å². The average Bonchev–Trinajstić information content (AvgIpc) is 2.75. The number of alkyl carbamates (subject to hydrolysis) is 1. The molecule has 0 spiro atoms. The first kappa shape index (κ1) is 25.7. The summed E-state index contributed by atoms with van der Waals surface area (Å²) >= 11 is 0. The number of ether oxygens (including phenoxy) is 4. The summed E-state index contributed by atoms with van der Waals surface area (Å²) in [5.41, 5.74) is 0.962. The number of unbranched alkanes of at least 4 members (excludes halogenated alkanes) is 3. The van der Waals surface area contributed by atoms with E-state index in [1.54, 1.807) is 7.11 Å². The van der Waals surface area contributed by atoms with Crippen molar-refractivity contribution in [3.63, 3.8) is 0 Å². The molecule has 0 bridgehead atoms. The van der Waals surface area contributed by atoms with E-state index in [9.17, 15) is 14.7 Å². The van der Waals surface area contributed by atoms with Gasteiger partial charge in [0.2, 0.25) is 0 Å². The van der Waals surface area contributed by atoms with Gasteiger partial charge in [0.1, 0.15) is 18.5 Å². The van der Waals surface area contributed by atoms with E-state index in [1.165, 1.54) is 0 Å². The van der Waals surface area contributed by atoms with Crippen molar-refractivity contribution in [2.24, 2.45) is 0 Å².